The van der Waals surface area contributed by atoms with Crippen LogP contribution >= 0.6 is 0 Å². The molecule has 0 amide bonds. The first kappa shape index (κ1) is 11.3. The smallest absolute Gasteiger partial charge is 0.450 e. The van der Waals surface area contributed by atoms with Gasteiger partial charge in [0.15, 0.2) is 0 Å². The molecule has 0 heterocycles. The van der Waals surface area contributed by atoms with Crippen molar-refractivity contribution in [3.63, 3.8) is 0 Å². The van der Waals surface area contributed by atoms with Gasteiger partial charge in [0.1, 0.15) is 6.10 Å². The molecular weight excluding hydrogens is 156 g/mol. The molecule has 0 aliphatic carbocycles. The number of hydrogen-bond donors (Lipinski definition) is 1. The molecule has 0 spiro atoms. The predicted molar refractivity (Wildman–Crippen MR) is 47.2 cm³/mol. The van der Waals surface area contributed by atoms with E-state index >= 15 is 0 Å². The van der Waals surface area contributed by atoms with Crippen molar-refractivity contribution in [3.05, 3.63) is 0 Å². The van der Waals surface area contributed by atoms with Gasteiger partial charge < -0.3 is 9.84 Å². The molecule has 0 saturated carbocycles. The van der Waals surface area contributed by atoms with E-state index in [0.717, 1.165) is 6.42 Å². The summed E-state index contributed by atoms with van der Waals surface area (Å²) in [4.78, 5) is 10.3. The van der Waals surface area contributed by atoms with Gasteiger partial charge >= 0.3 is 6.16 Å². The van der Waals surface area contributed by atoms with Gasteiger partial charge in [0, 0.05) is 0 Å². The minimum Gasteiger partial charge on any atom is -0.450 e. The van der Waals surface area contributed by atoms with E-state index in [1.807, 2.05) is 13.8 Å². The van der Waals surface area contributed by atoms with Crippen LogP contribution in [0.1, 0.15) is 34.1 Å². The highest BCUT2D eigenvalue weighted by molar-refractivity contribution is 5.57. The average Bonchev–Trinajstić information content (AvgIpc) is 1.83. The molecule has 72 valence electrons. The van der Waals surface area contributed by atoms with Gasteiger partial charge in [0.05, 0.1) is 0 Å². The first-order valence-electron chi connectivity index (χ1n) is 4.33. The molecule has 0 rings (SSSR count). The summed E-state index contributed by atoms with van der Waals surface area (Å²) in [6.07, 6.45) is -0.541. The fraction of sp³-hybridized carbons (Fsp3) is 0.889. The molecular formula is C9H18O3. The summed E-state index contributed by atoms with van der Waals surface area (Å²) in [6, 6.07) is 0. The number of hydrogen-bond acceptors (Lipinski definition) is 2. The zero-order chi connectivity index (χ0) is 9.72. The second-order valence-electron chi connectivity index (χ2n) is 3.80. The van der Waals surface area contributed by atoms with Crippen molar-refractivity contribution < 1.29 is 14.6 Å². The van der Waals surface area contributed by atoms with Crippen molar-refractivity contribution in [1.82, 2.24) is 0 Å². The average molecular weight is 174 g/mol. The predicted octanol–water partition coefficient (Wildman–Crippen LogP) is 2.75. The van der Waals surface area contributed by atoms with Gasteiger partial charge in [-0.1, -0.05) is 27.7 Å². The normalized spacial score (nSPS) is 13.5. The third-order valence-corrected chi connectivity index (χ3v) is 1.70. The van der Waals surface area contributed by atoms with E-state index in [1.165, 1.54) is 0 Å². The molecule has 0 radical (unpaired) electrons. The van der Waals surface area contributed by atoms with Gasteiger partial charge in [-0.15, -0.1) is 0 Å². The van der Waals surface area contributed by atoms with Crippen molar-refractivity contribution in [3.8, 4) is 0 Å². The van der Waals surface area contributed by atoms with Crippen LogP contribution in [0.4, 0.5) is 4.79 Å². The van der Waals surface area contributed by atoms with E-state index in [-0.39, 0.29) is 12.0 Å². The standard InChI is InChI=1S/C9H18O3/c1-6(2)5-8(7(3)4)12-9(10)11/h6-8H,5H2,1-4H3,(H,10,11). The van der Waals surface area contributed by atoms with E-state index < -0.39 is 6.16 Å². The Bertz CT molecular complexity index is 141. The summed E-state index contributed by atoms with van der Waals surface area (Å²) in [5, 5.41) is 8.42. The first-order valence-corrected chi connectivity index (χ1v) is 4.33. The second-order valence-corrected chi connectivity index (χ2v) is 3.80. The minimum absolute atomic E-state index is 0.164. The summed E-state index contributed by atoms with van der Waals surface area (Å²) in [5.74, 6) is 0.722. The monoisotopic (exact) mass is 174 g/mol. The molecule has 3 heteroatoms. The molecule has 0 aliphatic rings. The lowest BCUT2D eigenvalue weighted by molar-refractivity contribution is 0.0221. The largest absolute Gasteiger partial charge is 0.506 e. The van der Waals surface area contributed by atoms with E-state index in [2.05, 4.69) is 13.8 Å². The van der Waals surface area contributed by atoms with Crippen molar-refractivity contribution in [1.29, 1.82) is 0 Å². The molecule has 0 fully saturated rings. The van der Waals surface area contributed by atoms with Crippen molar-refractivity contribution in [2.75, 3.05) is 0 Å². The lowest BCUT2D eigenvalue weighted by atomic mass is 9.97. The van der Waals surface area contributed by atoms with Crippen LogP contribution in [0.5, 0.6) is 0 Å². The van der Waals surface area contributed by atoms with E-state index in [1.54, 1.807) is 0 Å². The quantitative estimate of drug-likeness (QED) is 0.666. The Balaban J connectivity index is 3.95. The molecule has 1 atom stereocenters. The molecule has 1 unspecified atom stereocenters. The summed E-state index contributed by atoms with van der Waals surface area (Å²) in [5.41, 5.74) is 0. The summed E-state index contributed by atoms with van der Waals surface area (Å²) in [6.45, 7) is 8.05. The Morgan fingerprint density at radius 1 is 1.33 bits per heavy atom. The Morgan fingerprint density at radius 3 is 2.08 bits per heavy atom. The zero-order valence-electron chi connectivity index (χ0n) is 8.20. The van der Waals surface area contributed by atoms with E-state index in [4.69, 9.17) is 9.84 Å². The highest BCUT2D eigenvalue weighted by Gasteiger charge is 2.18. The van der Waals surface area contributed by atoms with E-state index in [9.17, 15) is 4.79 Å². The second kappa shape index (κ2) is 5.01. The maximum absolute atomic E-state index is 10.3. The van der Waals surface area contributed by atoms with Crippen molar-refractivity contribution in [2.45, 2.75) is 40.2 Å². The molecule has 12 heavy (non-hydrogen) atoms. The van der Waals surface area contributed by atoms with Gasteiger partial charge in [-0.2, -0.15) is 0 Å². The Kier molecular flexibility index (Phi) is 4.71. The number of rotatable bonds is 4. The summed E-state index contributed by atoms with van der Waals surface area (Å²) in [7, 11) is 0. The first-order chi connectivity index (χ1) is 5.43. The topological polar surface area (TPSA) is 46.5 Å². The van der Waals surface area contributed by atoms with Crippen molar-refractivity contribution >= 4 is 6.16 Å². The van der Waals surface area contributed by atoms with Crippen molar-refractivity contribution in [2.24, 2.45) is 11.8 Å². The fourth-order valence-corrected chi connectivity index (χ4v) is 1.05. The lowest BCUT2D eigenvalue weighted by Gasteiger charge is -2.21. The Labute approximate surface area is 73.7 Å². The lowest BCUT2D eigenvalue weighted by Crippen LogP contribution is -2.24. The maximum atomic E-state index is 10.3. The summed E-state index contributed by atoms with van der Waals surface area (Å²) < 4.78 is 4.74. The molecule has 3 nitrogen and oxygen atoms in total. The maximum Gasteiger partial charge on any atom is 0.506 e. The van der Waals surface area contributed by atoms with Crippen LogP contribution in [0.25, 0.3) is 0 Å². The van der Waals surface area contributed by atoms with Crippen LogP contribution in [0.3, 0.4) is 0 Å². The molecule has 1 N–H and O–H groups in total. The molecule has 0 aromatic carbocycles. The molecule has 0 aromatic rings. The third kappa shape index (κ3) is 4.99. The minimum atomic E-state index is -1.17. The van der Waals surface area contributed by atoms with E-state index in [0.29, 0.717) is 5.92 Å². The van der Waals surface area contributed by atoms with Gasteiger partial charge in [-0.3, -0.25) is 0 Å². The van der Waals surface area contributed by atoms with Gasteiger partial charge in [0.25, 0.3) is 0 Å². The zero-order valence-corrected chi connectivity index (χ0v) is 8.20. The molecule has 0 aliphatic heterocycles. The highest BCUT2D eigenvalue weighted by Crippen LogP contribution is 2.16. The SMILES string of the molecule is CC(C)CC(OC(=O)O)C(C)C. The van der Waals surface area contributed by atoms with Crippen LogP contribution in [-0.2, 0) is 4.74 Å². The van der Waals surface area contributed by atoms with Crippen LogP contribution in [0, 0.1) is 11.8 Å². The van der Waals surface area contributed by atoms with Crippen LogP contribution in [0.2, 0.25) is 0 Å². The van der Waals surface area contributed by atoms with Crippen LogP contribution in [0.15, 0.2) is 0 Å². The number of ether oxygens (including phenoxy) is 1. The number of carbonyl (C=O) groups is 1. The molecule has 0 bridgehead atoms. The number of carboxylic acid groups (broad SMARTS) is 1. The van der Waals surface area contributed by atoms with Gasteiger partial charge in [0.2, 0.25) is 0 Å². The third-order valence-electron chi connectivity index (χ3n) is 1.70. The Hall–Kier alpha value is -0.730. The highest BCUT2D eigenvalue weighted by atomic mass is 16.7. The summed E-state index contributed by atoms with van der Waals surface area (Å²) >= 11 is 0. The molecule has 0 saturated heterocycles. The fourth-order valence-electron chi connectivity index (χ4n) is 1.05. The van der Waals surface area contributed by atoms with Gasteiger partial charge in [-0.25, -0.2) is 4.79 Å². The van der Waals surface area contributed by atoms with Crippen LogP contribution in [-0.4, -0.2) is 17.4 Å². The van der Waals surface area contributed by atoms with Crippen LogP contribution < -0.4 is 0 Å². The Morgan fingerprint density at radius 2 is 1.83 bits per heavy atom. The molecule has 0 aromatic heterocycles. The van der Waals surface area contributed by atoms with Gasteiger partial charge in [-0.05, 0) is 18.3 Å².